The average Bonchev–Trinajstić information content (AvgIpc) is 3.13. The van der Waals surface area contributed by atoms with E-state index in [0.717, 1.165) is 48.9 Å². The van der Waals surface area contributed by atoms with Crippen LogP contribution in [-0.4, -0.2) is 72.2 Å². The van der Waals surface area contributed by atoms with E-state index in [2.05, 4.69) is 16.3 Å². The Labute approximate surface area is 194 Å². The second-order valence-electron chi connectivity index (χ2n) is 8.75. The van der Waals surface area contributed by atoms with E-state index in [1.165, 1.54) is 32.2 Å². The fraction of sp³-hybridized carbons (Fsp3) is 0.625. The Balaban J connectivity index is 1.19. The molecule has 2 saturated heterocycles. The van der Waals surface area contributed by atoms with Crippen LogP contribution in [0.2, 0.25) is 0 Å². The quantitative estimate of drug-likeness (QED) is 0.329. The maximum absolute atomic E-state index is 12.9. The number of unbranched alkanes of at least 4 members (excludes halogenated alkanes) is 4. The predicted octanol–water partition coefficient (Wildman–Crippen LogP) is 2.82. The summed E-state index contributed by atoms with van der Waals surface area (Å²) in [6, 6.07) is 5.30. The fourth-order valence-corrected chi connectivity index (χ4v) is 5.76. The minimum absolute atomic E-state index is 0.0998. The van der Waals surface area contributed by atoms with Crippen molar-refractivity contribution in [1.82, 2.24) is 15.1 Å². The molecule has 0 aromatic heterocycles. The normalized spacial score (nSPS) is 21.7. The molecule has 1 aromatic rings. The highest BCUT2D eigenvalue weighted by atomic mass is 32.2. The Kier molecular flexibility index (Phi) is 8.21. The van der Waals surface area contributed by atoms with E-state index < -0.39 is 6.04 Å². The zero-order valence-corrected chi connectivity index (χ0v) is 19.5. The third-order valence-corrected chi connectivity index (χ3v) is 7.71. The number of carbonyl (C=O) groups is 3. The Hall–Kier alpha value is -1.90. The molecule has 0 bridgehead atoms. The number of rotatable bonds is 10. The number of hydrogen-bond acceptors (Lipinski definition) is 6. The van der Waals surface area contributed by atoms with Crippen molar-refractivity contribution in [3.8, 4) is 0 Å². The van der Waals surface area contributed by atoms with Crippen molar-refractivity contribution in [1.29, 1.82) is 0 Å². The molecule has 3 heterocycles. The first kappa shape index (κ1) is 23.3. The number of nitrogens with zero attached hydrogens (tertiary/aromatic N) is 2. The molecule has 0 radical (unpaired) electrons. The predicted molar refractivity (Wildman–Crippen MR) is 124 cm³/mol. The molecule has 4 rings (SSSR count). The van der Waals surface area contributed by atoms with Gasteiger partial charge < -0.3 is 9.64 Å². The van der Waals surface area contributed by atoms with Gasteiger partial charge in [-0.25, -0.2) is 0 Å². The third-order valence-electron chi connectivity index (χ3n) is 6.52. The SMILES string of the molecule is O=C1CCC(N2Cc3c(SCCCCCCCN4CCOCC4)cccc3C2=O)C(=O)N1. The van der Waals surface area contributed by atoms with Gasteiger partial charge in [0, 0.05) is 36.5 Å². The second-order valence-corrected chi connectivity index (χ2v) is 9.89. The number of amides is 3. The minimum atomic E-state index is -0.553. The molecule has 1 atom stereocenters. The van der Waals surface area contributed by atoms with Gasteiger partial charge in [0.15, 0.2) is 0 Å². The van der Waals surface area contributed by atoms with Crippen molar-refractivity contribution < 1.29 is 19.1 Å². The molecule has 0 saturated carbocycles. The molecule has 3 aliphatic heterocycles. The number of hydrogen-bond donors (Lipinski definition) is 1. The zero-order valence-electron chi connectivity index (χ0n) is 18.6. The van der Waals surface area contributed by atoms with Crippen molar-refractivity contribution in [2.24, 2.45) is 0 Å². The molecule has 0 spiro atoms. The van der Waals surface area contributed by atoms with Crippen LogP contribution < -0.4 is 5.32 Å². The summed E-state index contributed by atoms with van der Waals surface area (Å²) in [5, 5.41) is 2.36. The Morgan fingerprint density at radius 2 is 1.81 bits per heavy atom. The lowest BCUT2D eigenvalue weighted by molar-refractivity contribution is -0.136. The third kappa shape index (κ3) is 5.71. The van der Waals surface area contributed by atoms with Gasteiger partial charge in [-0.15, -0.1) is 11.8 Å². The van der Waals surface area contributed by atoms with Gasteiger partial charge in [0.1, 0.15) is 6.04 Å². The first-order valence-electron chi connectivity index (χ1n) is 11.8. The molecule has 7 nitrogen and oxygen atoms in total. The van der Waals surface area contributed by atoms with Crippen LogP contribution in [0.4, 0.5) is 0 Å². The fourth-order valence-electron chi connectivity index (χ4n) is 4.67. The summed E-state index contributed by atoms with van der Waals surface area (Å²) in [5.41, 5.74) is 1.72. The van der Waals surface area contributed by atoms with E-state index in [1.54, 1.807) is 4.90 Å². The molecule has 0 aliphatic carbocycles. The number of fused-ring (bicyclic) bond motifs is 1. The van der Waals surface area contributed by atoms with Crippen molar-refractivity contribution in [2.45, 2.75) is 62.4 Å². The van der Waals surface area contributed by atoms with Crippen LogP contribution in [0.5, 0.6) is 0 Å². The van der Waals surface area contributed by atoms with Crippen LogP contribution >= 0.6 is 11.8 Å². The number of benzene rings is 1. The maximum Gasteiger partial charge on any atom is 0.255 e. The number of piperidine rings is 1. The summed E-state index contributed by atoms with van der Waals surface area (Å²) >= 11 is 1.81. The highest BCUT2D eigenvalue weighted by molar-refractivity contribution is 7.99. The molecule has 174 valence electrons. The lowest BCUT2D eigenvalue weighted by atomic mass is 10.0. The van der Waals surface area contributed by atoms with E-state index in [9.17, 15) is 14.4 Å². The standard InChI is InChI=1S/C24H33N3O4S/c28-22-10-9-20(23(29)25-22)27-17-19-18(24(27)30)7-6-8-21(19)32-16-5-3-1-2-4-11-26-12-14-31-15-13-26/h6-8,20H,1-5,9-17H2,(H,25,28,29). The van der Waals surface area contributed by atoms with Crippen LogP contribution in [-0.2, 0) is 20.9 Å². The second kappa shape index (κ2) is 11.3. The van der Waals surface area contributed by atoms with Gasteiger partial charge in [0.05, 0.1) is 13.2 Å². The molecule has 1 N–H and O–H groups in total. The molecular formula is C24H33N3O4S. The topological polar surface area (TPSA) is 79.0 Å². The molecule has 1 aromatic carbocycles. The number of ether oxygens (including phenoxy) is 1. The highest BCUT2D eigenvalue weighted by Gasteiger charge is 2.39. The van der Waals surface area contributed by atoms with Crippen molar-refractivity contribution in [3.05, 3.63) is 29.3 Å². The molecular weight excluding hydrogens is 426 g/mol. The van der Waals surface area contributed by atoms with Gasteiger partial charge in [-0.2, -0.15) is 0 Å². The van der Waals surface area contributed by atoms with E-state index in [4.69, 9.17) is 4.74 Å². The number of imide groups is 1. The van der Waals surface area contributed by atoms with E-state index in [0.29, 0.717) is 18.5 Å². The highest BCUT2D eigenvalue weighted by Crippen LogP contribution is 2.34. The Bertz CT molecular complexity index is 841. The monoisotopic (exact) mass is 459 g/mol. The van der Waals surface area contributed by atoms with Crippen LogP contribution in [0.3, 0.4) is 0 Å². The number of thioether (sulfide) groups is 1. The molecule has 1 unspecified atom stereocenters. The van der Waals surface area contributed by atoms with Gasteiger partial charge in [0.25, 0.3) is 5.91 Å². The lowest BCUT2D eigenvalue weighted by Gasteiger charge is -2.29. The summed E-state index contributed by atoms with van der Waals surface area (Å²) < 4.78 is 5.39. The van der Waals surface area contributed by atoms with E-state index in [1.807, 2.05) is 23.9 Å². The summed E-state index contributed by atoms with van der Waals surface area (Å²) in [6.45, 7) is 5.52. The molecule has 32 heavy (non-hydrogen) atoms. The smallest absolute Gasteiger partial charge is 0.255 e. The Morgan fingerprint density at radius 3 is 2.62 bits per heavy atom. The van der Waals surface area contributed by atoms with Crippen molar-refractivity contribution >= 4 is 29.5 Å². The van der Waals surface area contributed by atoms with Crippen LogP contribution in [0.25, 0.3) is 0 Å². The zero-order chi connectivity index (χ0) is 22.3. The van der Waals surface area contributed by atoms with Gasteiger partial charge >= 0.3 is 0 Å². The van der Waals surface area contributed by atoms with Gasteiger partial charge in [-0.1, -0.05) is 25.3 Å². The molecule has 2 fully saturated rings. The molecule has 8 heteroatoms. The largest absolute Gasteiger partial charge is 0.379 e. The number of carbonyl (C=O) groups excluding carboxylic acids is 3. The summed E-state index contributed by atoms with van der Waals surface area (Å²) in [4.78, 5) is 41.9. The summed E-state index contributed by atoms with van der Waals surface area (Å²) in [6.07, 6.45) is 6.88. The van der Waals surface area contributed by atoms with Crippen LogP contribution in [0, 0.1) is 0 Å². The average molecular weight is 460 g/mol. The number of morpholine rings is 1. The molecule has 3 aliphatic rings. The van der Waals surface area contributed by atoms with Crippen molar-refractivity contribution in [3.63, 3.8) is 0 Å². The molecule has 3 amide bonds. The number of nitrogens with one attached hydrogen (secondary N) is 1. The summed E-state index contributed by atoms with van der Waals surface area (Å²) in [5.74, 6) is 0.321. The first-order valence-corrected chi connectivity index (χ1v) is 12.8. The maximum atomic E-state index is 12.9. The first-order chi connectivity index (χ1) is 15.6. The van der Waals surface area contributed by atoms with E-state index in [-0.39, 0.29) is 24.1 Å². The van der Waals surface area contributed by atoms with E-state index >= 15 is 0 Å². The van der Waals surface area contributed by atoms with Crippen molar-refractivity contribution in [2.75, 3.05) is 38.6 Å². The van der Waals surface area contributed by atoms with Crippen LogP contribution in [0.1, 0.15) is 60.9 Å². The van der Waals surface area contributed by atoms with Gasteiger partial charge in [-0.05, 0) is 49.3 Å². The minimum Gasteiger partial charge on any atom is -0.379 e. The Morgan fingerprint density at radius 1 is 1.03 bits per heavy atom. The lowest BCUT2D eigenvalue weighted by Crippen LogP contribution is -2.52. The summed E-state index contributed by atoms with van der Waals surface area (Å²) in [7, 11) is 0. The van der Waals surface area contributed by atoms with Gasteiger partial charge in [-0.3, -0.25) is 24.6 Å². The van der Waals surface area contributed by atoms with Crippen LogP contribution in [0.15, 0.2) is 23.1 Å². The van der Waals surface area contributed by atoms with Gasteiger partial charge in [0.2, 0.25) is 11.8 Å².